The number of hydrogen-bond donors (Lipinski definition) is 2. The van der Waals surface area contributed by atoms with E-state index in [2.05, 4.69) is 31.9 Å². The molecule has 0 spiro atoms. The van der Waals surface area contributed by atoms with Crippen LogP contribution >= 0.6 is 34.4 Å². The van der Waals surface area contributed by atoms with Crippen LogP contribution < -0.4 is 5.32 Å². The van der Waals surface area contributed by atoms with Crippen molar-refractivity contribution in [1.82, 2.24) is 15.2 Å². The largest absolute Gasteiger partial charge is 0.361 e. The summed E-state index contributed by atoms with van der Waals surface area (Å²) in [6.45, 7) is 0. The second kappa shape index (κ2) is 7.38. The van der Waals surface area contributed by atoms with Crippen LogP contribution in [0.3, 0.4) is 0 Å². The average molecular weight is 387 g/mol. The summed E-state index contributed by atoms with van der Waals surface area (Å²) < 4.78 is 0.857. The van der Waals surface area contributed by atoms with E-state index >= 15 is 0 Å². The number of nitrogens with zero attached hydrogens (tertiary/aromatic N) is 2. The topological polar surface area (TPSA) is 70.7 Å². The molecule has 4 rings (SSSR count). The number of aromatic amines is 1. The van der Waals surface area contributed by atoms with Crippen molar-refractivity contribution in [2.24, 2.45) is 0 Å². The fourth-order valence-corrected chi connectivity index (χ4v) is 5.00. The van der Waals surface area contributed by atoms with Crippen molar-refractivity contribution in [3.05, 3.63) is 58.4 Å². The molecule has 0 fully saturated rings. The lowest BCUT2D eigenvalue weighted by Gasteiger charge is -2.00. The van der Waals surface area contributed by atoms with Gasteiger partial charge in [-0.05, 0) is 23.1 Å². The lowest BCUT2D eigenvalue weighted by atomic mass is 10.1. The molecule has 0 aliphatic heterocycles. The summed E-state index contributed by atoms with van der Waals surface area (Å²) in [5.74, 6) is 0.783. The van der Waals surface area contributed by atoms with Crippen molar-refractivity contribution < 1.29 is 4.79 Å². The Morgan fingerprint density at radius 3 is 3.00 bits per heavy atom. The van der Waals surface area contributed by atoms with Crippen LogP contribution in [-0.2, 0) is 17.0 Å². The highest BCUT2D eigenvalue weighted by atomic mass is 32.2. The maximum atomic E-state index is 12.3. The van der Waals surface area contributed by atoms with Crippen LogP contribution in [0.25, 0.3) is 10.9 Å². The number of carbonyl (C=O) groups is 1. The second-order valence-corrected chi connectivity index (χ2v) is 8.56. The van der Waals surface area contributed by atoms with Crippen LogP contribution in [0.5, 0.6) is 0 Å². The van der Waals surface area contributed by atoms with E-state index in [0.29, 0.717) is 11.6 Å². The summed E-state index contributed by atoms with van der Waals surface area (Å²) in [7, 11) is 0. The molecule has 2 N–H and O–H groups in total. The molecule has 0 atom stereocenters. The van der Waals surface area contributed by atoms with Crippen LogP contribution in [0.4, 0.5) is 5.13 Å². The van der Waals surface area contributed by atoms with Crippen LogP contribution in [0.1, 0.15) is 10.4 Å². The van der Waals surface area contributed by atoms with Gasteiger partial charge in [0.05, 0.1) is 6.42 Å². The lowest BCUT2D eigenvalue weighted by Crippen LogP contribution is -2.14. The van der Waals surface area contributed by atoms with E-state index in [0.717, 1.165) is 26.6 Å². The van der Waals surface area contributed by atoms with Crippen molar-refractivity contribution in [1.29, 1.82) is 0 Å². The Labute approximate surface area is 156 Å². The SMILES string of the molecule is O=C(Cc1c[nH]c2ccccc12)Nc1nnc(SCc2cccs2)s1. The first-order chi connectivity index (χ1) is 12.3. The summed E-state index contributed by atoms with van der Waals surface area (Å²) in [5, 5.41) is 14.7. The molecule has 0 radical (unpaired) electrons. The third-order valence-corrected chi connectivity index (χ3v) is 6.68. The zero-order valence-corrected chi connectivity index (χ0v) is 15.5. The molecule has 0 bridgehead atoms. The first kappa shape index (κ1) is 16.3. The number of hydrogen-bond acceptors (Lipinski definition) is 6. The molecule has 126 valence electrons. The van der Waals surface area contributed by atoms with E-state index in [1.807, 2.05) is 36.5 Å². The maximum absolute atomic E-state index is 12.3. The molecule has 1 aromatic carbocycles. The van der Waals surface area contributed by atoms with E-state index in [9.17, 15) is 4.79 Å². The Morgan fingerprint density at radius 1 is 1.20 bits per heavy atom. The molecule has 0 unspecified atom stereocenters. The minimum atomic E-state index is -0.0873. The fourth-order valence-electron chi connectivity index (χ4n) is 2.46. The number of fused-ring (bicyclic) bond motifs is 1. The predicted octanol–water partition coefficient (Wildman–Crippen LogP) is 4.55. The Bertz CT molecular complexity index is 990. The highest BCUT2D eigenvalue weighted by Crippen LogP contribution is 2.29. The number of thioether (sulfide) groups is 1. The quantitative estimate of drug-likeness (QED) is 0.377. The number of thiophene rings is 1. The first-order valence-electron chi connectivity index (χ1n) is 7.61. The lowest BCUT2D eigenvalue weighted by molar-refractivity contribution is -0.115. The van der Waals surface area contributed by atoms with Crippen molar-refractivity contribution >= 4 is 56.4 Å². The summed E-state index contributed by atoms with van der Waals surface area (Å²) in [4.78, 5) is 16.8. The summed E-state index contributed by atoms with van der Waals surface area (Å²) >= 11 is 4.76. The first-order valence-corrected chi connectivity index (χ1v) is 10.3. The Kier molecular flexibility index (Phi) is 4.82. The summed E-state index contributed by atoms with van der Waals surface area (Å²) in [6.07, 6.45) is 2.19. The Hall–Kier alpha value is -2.16. The monoisotopic (exact) mass is 386 g/mol. The number of amides is 1. The summed E-state index contributed by atoms with van der Waals surface area (Å²) in [6, 6.07) is 12.1. The smallest absolute Gasteiger partial charge is 0.230 e. The number of para-hydroxylation sites is 1. The molecule has 5 nitrogen and oxygen atoms in total. The van der Waals surface area contributed by atoms with Gasteiger partial charge in [0.25, 0.3) is 0 Å². The van der Waals surface area contributed by atoms with Gasteiger partial charge in [0, 0.05) is 27.7 Å². The van der Waals surface area contributed by atoms with Gasteiger partial charge in [-0.3, -0.25) is 4.79 Å². The normalized spacial score (nSPS) is 11.0. The summed E-state index contributed by atoms with van der Waals surface area (Å²) in [5.41, 5.74) is 2.01. The fraction of sp³-hybridized carbons (Fsp3) is 0.118. The number of benzene rings is 1. The van der Waals surface area contributed by atoms with Crippen molar-refractivity contribution in [3.63, 3.8) is 0 Å². The third-order valence-electron chi connectivity index (χ3n) is 3.60. The van der Waals surface area contributed by atoms with Crippen molar-refractivity contribution in [3.8, 4) is 0 Å². The number of anilines is 1. The minimum Gasteiger partial charge on any atom is -0.361 e. The molecule has 3 heterocycles. The van der Waals surface area contributed by atoms with Gasteiger partial charge in [0.15, 0.2) is 4.34 Å². The molecule has 1 amide bonds. The maximum Gasteiger partial charge on any atom is 0.230 e. The number of nitrogens with one attached hydrogen (secondary N) is 2. The van der Waals surface area contributed by atoms with E-state index in [1.165, 1.54) is 16.2 Å². The standard InChI is InChI=1S/C17H14N4OS3/c22-15(8-11-9-18-14-6-2-1-5-13(11)14)19-16-20-21-17(25-16)24-10-12-4-3-7-23-12/h1-7,9,18H,8,10H2,(H,19,20,22). The molecule has 0 saturated carbocycles. The van der Waals surface area contributed by atoms with Crippen LogP contribution in [0, 0.1) is 0 Å². The second-order valence-electron chi connectivity index (χ2n) is 5.33. The highest BCUT2D eigenvalue weighted by molar-refractivity contribution is 8.00. The third kappa shape index (κ3) is 3.92. The van der Waals surface area contributed by atoms with Gasteiger partial charge >= 0.3 is 0 Å². The van der Waals surface area contributed by atoms with Crippen molar-refractivity contribution in [2.75, 3.05) is 5.32 Å². The highest BCUT2D eigenvalue weighted by Gasteiger charge is 2.12. The zero-order valence-electron chi connectivity index (χ0n) is 13.1. The van der Waals surface area contributed by atoms with E-state index < -0.39 is 0 Å². The van der Waals surface area contributed by atoms with E-state index in [-0.39, 0.29) is 5.91 Å². The van der Waals surface area contributed by atoms with Gasteiger partial charge in [-0.15, -0.1) is 21.5 Å². The van der Waals surface area contributed by atoms with Gasteiger partial charge in [-0.1, -0.05) is 47.4 Å². The zero-order chi connectivity index (χ0) is 17.1. The molecule has 25 heavy (non-hydrogen) atoms. The number of H-pyrrole nitrogens is 1. The van der Waals surface area contributed by atoms with Crippen LogP contribution in [0.15, 0.2) is 52.3 Å². The van der Waals surface area contributed by atoms with Gasteiger partial charge < -0.3 is 10.3 Å². The molecule has 8 heteroatoms. The minimum absolute atomic E-state index is 0.0873. The van der Waals surface area contributed by atoms with Crippen LogP contribution in [0.2, 0.25) is 0 Å². The molecule has 0 saturated heterocycles. The Balaban J connectivity index is 1.36. The van der Waals surface area contributed by atoms with E-state index in [1.54, 1.807) is 23.1 Å². The van der Waals surface area contributed by atoms with Gasteiger partial charge in [-0.25, -0.2) is 0 Å². The average Bonchev–Trinajstić information content (AvgIpc) is 3.35. The molecular formula is C17H14N4OS3. The molecule has 4 aromatic rings. The number of rotatable bonds is 6. The van der Waals surface area contributed by atoms with Gasteiger partial charge in [0.1, 0.15) is 0 Å². The van der Waals surface area contributed by atoms with Crippen LogP contribution in [-0.4, -0.2) is 21.1 Å². The van der Waals surface area contributed by atoms with Gasteiger partial charge in [0.2, 0.25) is 11.0 Å². The molecule has 3 aromatic heterocycles. The predicted molar refractivity (Wildman–Crippen MR) is 104 cm³/mol. The number of aromatic nitrogens is 3. The molecular weight excluding hydrogens is 372 g/mol. The van der Waals surface area contributed by atoms with Gasteiger partial charge in [-0.2, -0.15) is 0 Å². The molecule has 0 aliphatic rings. The Morgan fingerprint density at radius 2 is 2.12 bits per heavy atom. The number of carbonyl (C=O) groups excluding carboxylic acids is 1. The van der Waals surface area contributed by atoms with E-state index in [4.69, 9.17) is 0 Å². The molecule has 0 aliphatic carbocycles. The van der Waals surface area contributed by atoms with Crippen molar-refractivity contribution in [2.45, 2.75) is 16.5 Å².